The highest BCUT2D eigenvalue weighted by Gasteiger charge is 2.50. The maximum atomic E-state index is 13.2. The first-order chi connectivity index (χ1) is 11.0. The second-order valence-electron chi connectivity index (χ2n) is 6.15. The predicted molar refractivity (Wildman–Crippen MR) is 82.6 cm³/mol. The van der Waals surface area contributed by atoms with Gasteiger partial charge in [-0.3, -0.25) is 14.4 Å². The van der Waals surface area contributed by atoms with Crippen molar-refractivity contribution in [1.29, 1.82) is 0 Å². The van der Waals surface area contributed by atoms with Crippen molar-refractivity contribution in [2.45, 2.75) is 38.1 Å². The van der Waals surface area contributed by atoms with E-state index in [9.17, 15) is 14.4 Å². The number of rotatable bonds is 5. The molecule has 0 bridgehead atoms. The number of carbonyl (C=O) groups is 3. The van der Waals surface area contributed by atoms with E-state index in [0.29, 0.717) is 18.8 Å². The number of hydrogen-bond donors (Lipinski definition) is 0. The molecule has 0 saturated heterocycles. The summed E-state index contributed by atoms with van der Waals surface area (Å²) in [6.07, 6.45) is 6.51. The molecule has 126 valence electrons. The van der Waals surface area contributed by atoms with Crippen molar-refractivity contribution in [3.63, 3.8) is 0 Å². The van der Waals surface area contributed by atoms with Crippen molar-refractivity contribution in [3.05, 3.63) is 24.5 Å². The average molecular weight is 321 g/mol. The fourth-order valence-electron chi connectivity index (χ4n) is 3.31. The van der Waals surface area contributed by atoms with Crippen molar-refractivity contribution in [3.8, 4) is 0 Å². The van der Waals surface area contributed by atoms with Gasteiger partial charge in [-0.15, -0.1) is 0 Å². The molecule has 0 spiro atoms. The summed E-state index contributed by atoms with van der Waals surface area (Å²) in [5, 5.41) is 0. The molecule has 1 aromatic rings. The first-order valence-electron chi connectivity index (χ1n) is 7.79. The first-order valence-corrected chi connectivity index (χ1v) is 7.79. The summed E-state index contributed by atoms with van der Waals surface area (Å²) in [6.45, 7) is 2.14. The Labute approximate surface area is 135 Å². The SMILES string of the molecule is COC(=O)C(C(=O)OC)C(=O)C1(n2cccc2)CCC(C)CC1. The minimum atomic E-state index is -1.54. The maximum Gasteiger partial charge on any atom is 0.327 e. The van der Waals surface area contributed by atoms with E-state index in [1.807, 2.05) is 16.7 Å². The Morgan fingerprint density at radius 2 is 1.52 bits per heavy atom. The van der Waals surface area contributed by atoms with Crippen LogP contribution in [0.1, 0.15) is 32.6 Å². The number of esters is 2. The van der Waals surface area contributed by atoms with Gasteiger partial charge in [0.2, 0.25) is 5.92 Å². The van der Waals surface area contributed by atoms with Crippen LogP contribution >= 0.6 is 0 Å². The Bertz CT molecular complexity index is 554. The first kappa shape index (κ1) is 17.2. The van der Waals surface area contributed by atoms with Crippen LogP contribution in [0.3, 0.4) is 0 Å². The van der Waals surface area contributed by atoms with Crippen molar-refractivity contribution < 1.29 is 23.9 Å². The molecule has 1 saturated carbocycles. The van der Waals surface area contributed by atoms with Crippen molar-refractivity contribution >= 4 is 17.7 Å². The van der Waals surface area contributed by atoms with Crippen LogP contribution in [0.5, 0.6) is 0 Å². The van der Waals surface area contributed by atoms with Gasteiger partial charge >= 0.3 is 11.9 Å². The highest BCUT2D eigenvalue weighted by molar-refractivity contribution is 6.17. The van der Waals surface area contributed by atoms with E-state index in [4.69, 9.17) is 0 Å². The fraction of sp³-hybridized carbons (Fsp3) is 0.588. The lowest BCUT2D eigenvalue weighted by Crippen LogP contribution is -2.51. The number of carbonyl (C=O) groups excluding carboxylic acids is 3. The molecule has 0 unspecified atom stereocenters. The lowest BCUT2D eigenvalue weighted by molar-refractivity contribution is -0.164. The van der Waals surface area contributed by atoms with Crippen LogP contribution in [0, 0.1) is 11.8 Å². The van der Waals surface area contributed by atoms with Gasteiger partial charge in [0.25, 0.3) is 0 Å². The van der Waals surface area contributed by atoms with Crippen LogP contribution in [-0.2, 0) is 29.4 Å². The van der Waals surface area contributed by atoms with Gasteiger partial charge in [-0.2, -0.15) is 0 Å². The molecule has 1 heterocycles. The van der Waals surface area contributed by atoms with Crippen LogP contribution in [0.2, 0.25) is 0 Å². The van der Waals surface area contributed by atoms with Gasteiger partial charge in [0.1, 0.15) is 5.54 Å². The van der Waals surface area contributed by atoms with E-state index in [-0.39, 0.29) is 0 Å². The van der Waals surface area contributed by atoms with Gasteiger partial charge < -0.3 is 14.0 Å². The third-order valence-corrected chi connectivity index (χ3v) is 4.79. The van der Waals surface area contributed by atoms with Crippen LogP contribution in [0.15, 0.2) is 24.5 Å². The van der Waals surface area contributed by atoms with Gasteiger partial charge in [0.05, 0.1) is 14.2 Å². The highest BCUT2D eigenvalue weighted by atomic mass is 16.5. The van der Waals surface area contributed by atoms with E-state index < -0.39 is 29.2 Å². The fourth-order valence-corrected chi connectivity index (χ4v) is 3.31. The van der Waals surface area contributed by atoms with Crippen LogP contribution < -0.4 is 0 Å². The van der Waals surface area contributed by atoms with E-state index in [2.05, 4.69) is 16.4 Å². The summed E-state index contributed by atoms with van der Waals surface area (Å²) in [5.41, 5.74) is -0.900. The standard InChI is InChI=1S/C17H23NO5/c1-12-6-8-17(9-7-12,18-10-4-5-11-18)14(19)13(15(20)22-2)16(21)23-3/h4-5,10-13H,6-9H2,1-3H3. The predicted octanol–water partition coefficient (Wildman–Crippen LogP) is 1.92. The summed E-state index contributed by atoms with van der Waals surface area (Å²) >= 11 is 0. The number of aromatic nitrogens is 1. The van der Waals surface area contributed by atoms with E-state index in [1.165, 1.54) is 0 Å². The zero-order valence-corrected chi connectivity index (χ0v) is 13.8. The third-order valence-electron chi connectivity index (χ3n) is 4.79. The molecule has 0 amide bonds. The molecular formula is C17H23NO5. The Balaban J connectivity index is 2.43. The van der Waals surface area contributed by atoms with E-state index in [0.717, 1.165) is 27.1 Å². The number of Topliss-reactive ketones (excluding diaryl/α,β-unsaturated/α-hetero) is 1. The molecule has 0 aromatic carbocycles. The van der Waals surface area contributed by atoms with Crippen molar-refractivity contribution in [1.82, 2.24) is 4.57 Å². The molecule has 0 N–H and O–H groups in total. The Hall–Kier alpha value is -2.11. The van der Waals surface area contributed by atoms with Gasteiger partial charge in [0, 0.05) is 12.4 Å². The molecule has 1 fully saturated rings. The van der Waals surface area contributed by atoms with Crippen molar-refractivity contribution in [2.75, 3.05) is 14.2 Å². The van der Waals surface area contributed by atoms with E-state index >= 15 is 0 Å². The molecule has 23 heavy (non-hydrogen) atoms. The highest BCUT2D eigenvalue weighted by Crippen LogP contribution is 2.40. The molecule has 0 atom stereocenters. The van der Waals surface area contributed by atoms with Crippen molar-refractivity contribution in [2.24, 2.45) is 11.8 Å². The molecule has 1 aliphatic rings. The maximum absolute atomic E-state index is 13.2. The summed E-state index contributed by atoms with van der Waals surface area (Å²) < 4.78 is 11.1. The second-order valence-corrected chi connectivity index (χ2v) is 6.15. The molecule has 1 aromatic heterocycles. The number of hydrogen-bond acceptors (Lipinski definition) is 5. The summed E-state index contributed by atoms with van der Waals surface area (Å²) in [5.74, 6) is -3.21. The zero-order valence-electron chi connectivity index (χ0n) is 13.8. The quantitative estimate of drug-likeness (QED) is 0.612. The monoisotopic (exact) mass is 321 g/mol. The minimum Gasteiger partial charge on any atom is -0.468 e. The smallest absolute Gasteiger partial charge is 0.327 e. The van der Waals surface area contributed by atoms with Crippen LogP contribution in [-0.4, -0.2) is 36.5 Å². The molecule has 1 aliphatic carbocycles. The molecule has 0 aliphatic heterocycles. The number of nitrogens with zero attached hydrogens (tertiary/aromatic N) is 1. The van der Waals surface area contributed by atoms with Crippen LogP contribution in [0.4, 0.5) is 0 Å². The molecule has 0 radical (unpaired) electrons. The lowest BCUT2D eigenvalue weighted by atomic mass is 9.71. The zero-order chi connectivity index (χ0) is 17.0. The second kappa shape index (κ2) is 6.98. The minimum absolute atomic E-state index is 0.445. The Morgan fingerprint density at radius 3 is 1.96 bits per heavy atom. The summed E-state index contributed by atoms with van der Waals surface area (Å²) in [4.78, 5) is 37.2. The average Bonchev–Trinajstić information content (AvgIpc) is 3.10. The number of ketones is 1. The number of ether oxygens (including phenoxy) is 2. The van der Waals surface area contributed by atoms with Gasteiger partial charge in [-0.25, -0.2) is 0 Å². The van der Waals surface area contributed by atoms with Crippen LogP contribution in [0.25, 0.3) is 0 Å². The summed E-state index contributed by atoms with van der Waals surface area (Å²) in [6, 6.07) is 3.66. The van der Waals surface area contributed by atoms with Gasteiger partial charge in [-0.1, -0.05) is 6.92 Å². The largest absolute Gasteiger partial charge is 0.468 e. The topological polar surface area (TPSA) is 74.6 Å². The normalized spacial score (nSPS) is 24.3. The van der Waals surface area contributed by atoms with Gasteiger partial charge in [-0.05, 0) is 43.7 Å². The number of methoxy groups -OCH3 is 2. The lowest BCUT2D eigenvalue weighted by Gasteiger charge is -2.40. The molecule has 2 rings (SSSR count). The van der Waals surface area contributed by atoms with Gasteiger partial charge in [0.15, 0.2) is 5.78 Å². The Kier molecular flexibility index (Phi) is 5.23. The van der Waals surface area contributed by atoms with E-state index in [1.54, 1.807) is 12.4 Å². The third kappa shape index (κ3) is 3.16. The Morgan fingerprint density at radius 1 is 1.04 bits per heavy atom. The molecule has 6 nitrogen and oxygen atoms in total. The molecule has 6 heteroatoms. The molecular weight excluding hydrogens is 298 g/mol. The summed E-state index contributed by atoms with van der Waals surface area (Å²) in [7, 11) is 2.33.